The Kier molecular flexibility index (Phi) is 5.35. The molecule has 0 aliphatic carbocycles. The summed E-state index contributed by atoms with van der Waals surface area (Å²) in [6.45, 7) is 2.73. The minimum Gasteiger partial charge on any atom is -0.454 e. The van der Waals surface area contributed by atoms with E-state index in [2.05, 4.69) is 20.6 Å². The standard InChI is InChI=1S/C21H19F3N4O2/c1-13-7-19(25-10-14-3-2-4-16(8-14)21(22,23)24)28-20(27-13)26-11-15-5-6-17-18(9-15)30-12-29-17/h2-9H,10-12H2,1H3,(H2,25,26,27,28). The van der Waals surface area contributed by atoms with E-state index in [9.17, 15) is 13.2 Å². The average molecular weight is 416 g/mol. The van der Waals surface area contributed by atoms with Crippen molar-refractivity contribution in [1.29, 1.82) is 0 Å². The first kappa shape index (κ1) is 19.8. The highest BCUT2D eigenvalue weighted by Crippen LogP contribution is 2.32. The fourth-order valence-corrected chi connectivity index (χ4v) is 3.02. The number of nitrogens with one attached hydrogen (secondary N) is 2. The van der Waals surface area contributed by atoms with Crippen LogP contribution in [0.5, 0.6) is 11.5 Å². The first-order valence-electron chi connectivity index (χ1n) is 9.25. The molecule has 0 fully saturated rings. The highest BCUT2D eigenvalue weighted by Gasteiger charge is 2.30. The van der Waals surface area contributed by atoms with Gasteiger partial charge in [-0.15, -0.1) is 0 Å². The lowest BCUT2D eigenvalue weighted by atomic mass is 10.1. The van der Waals surface area contributed by atoms with E-state index in [1.807, 2.05) is 25.1 Å². The molecule has 6 nitrogen and oxygen atoms in total. The monoisotopic (exact) mass is 416 g/mol. The van der Waals surface area contributed by atoms with Gasteiger partial charge < -0.3 is 20.1 Å². The second kappa shape index (κ2) is 8.10. The van der Waals surface area contributed by atoms with Crippen molar-refractivity contribution in [2.45, 2.75) is 26.2 Å². The molecule has 0 atom stereocenters. The summed E-state index contributed by atoms with van der Waals surface area (Å²) in [6, 6.07) is 12.6. The molecule has 1 aliphatic heterocycles. The Morgan fingerprint density at radius 3 is 2.50 bits per heavy atom. The zero-order valence-corrected chi connectivity index (χ0v) is 16.1. The van der Waals surface area contributed by atoms with E-state index in [-0.39, 0.29) is 13.3 Å². The van der Waals surface area contributed by atoms with Gasteiger partial charge in [-0.25, -0.2) is 4.98 Å². The van der Waals surface area contributed by atoms with Crippen LogP contribution < -0.4 is 20.1 Å². The summed E-state index contributed by atoms with van der Waals surface area (Å²) in [6.07, 6.45) is -4.37. The molecule has 30 heavy (non-hydrogen) atoms. The third-order valence-corrected chi connectivity index (χ3v) is 4.47. The number of aromatic nitrogens is 2. The van der Waals surface area contributed by atoms with Crippen molar-refractivity contribution in [3.8, 4) is 11.5 Å². The highest BCUT2D eigenvalue weighted by molar-refractivity contribution is 5.46. The average Bonchev–Trinajstić information content (AvgIpc) is 3.18. The molecule has 0 amide bonds. The van der Waals surface area contributed by atoms with Gasteiger partial charge in [0.2, 0.25) is 12.7 Å². The number of fused-ring (bicyclic) bond motifs is 1. The molecule has 1 aromatic heterocycles. The van der Waals surface area contributed by atoms with E-state index in [4.69, 9.17) is 9.47 Å². The maximum Gasteiger partial charge on any atom is 0.416 e. The SMILES string of the molecule is Cc1cc(NCc2cccc(C(F)(F)F)c2)nc(NCc2ccc3c(c2)OCO3)n1. The molecule has 156 valence electrons. The second-order valence-electron chi connectivity index (χ2n) is 6.81. The van der Waals surface area contributed by atoms with Gasteiger partial charge in [0.25, 0.3) is 0 Å². The fourth-order valence-electron chi connectivity index (χ4n) is 3.02. The summed E-state index contributed by atoms with van der Waals surface area (Å²) in [5.74, 6) is 2.35. The number of ether oxygens (including phenoxy) is 2. The van der Waals surface area contributed by atoms with Crippen LogP contribution in [0.1, 0.15) is 22.4 Å². The molecule has 2 heterocycles. The largest absolute Gasteiger partial charge is 0.454 e. The Balaban J connectivity index is 1.41. The summed E-state index contributed by atoms with van der Waals surface area (Å²) < 4.78 is 49.3. The van der Waals surface area contributed by atoms with Crippen LogP contribution in [0.4, 0.5) is 24.9 Å². The van der Waals surface area contributed by atoms with Crippen LogP contribution >= 0.6 is 0 Å². The Morgan fingerprint density at radius 1 is 0.900 bits per heavy atom. The van der Waals surface area contributed by atoms with Crippen LogP contribution in [0.25, 0.3) is 0 Å². The maximum atomic E-state index is 12.9. The van der Waals surface area contributed by atoms with E-state index in [1.165, 1.54) is 6.07 Å². The van der Waals surface area contributed by atoms with Crippen LogP contribution in [-0.2, 0) is 19.3 Å². The molecule has 4 rings (SSSR count). The van der Waals surface area contributed by atoms with Gasteiger partial charge in [-0.1, -0.05) is 18.2 Å². The number of halogens is 3. The number of aryl methyl sites for hydroxylation is 1. The molecule has 0 spiro atoms. The van der Waals surface area contributed by atoms with E-state index >= 15 is 0 Å². The van der Waals surface area contributed by atoms with Gasteiger partial charge in [0.15, 0.2) is 11.5 Å². The lowest BCUT2D eigenvalue weighted by Gasteiger charge is -2.12. The highest BCUT2D eigenvalue weighted by atomic mass is 19.4. The molecule has 0 unspecified atom stereocenters. The van der Waals surface area contributed by atoms with Crippen LogP contribution in [0.3, 0.4) is 0 Å². The smallest absolute Gasteiger partial charge is 0.416 e. The molecule has 2 aromatic carbocycles. The van der Waals surface area contributed by atoms with Gasteiger partial charge >= 0.3 is 6.18 Å². The minimum absolute atomic E-state index is 0.210. The molecule has 0 radical (unpaired) electrons. The lowest BCUT2D eigenvalue weighted by molar-refractivity contribution is -0.137. The number of rotatable bonds is 6. The third kappa shape index (κ3) is 4.73. The van der Waals surface area contributed by atoms with Crippen molar-refractivity contribution in [1.82, 2.24) is 9.97 Å². The first-order chi connectivity index (χ1) is 14.4. The molecule has 3 aromatic rings. The van der Waals surface area contributed by atoms with Crippen molar-refractivity contribution in [2.75, 3.05) is 17.4 Å². The van der Waals surface area contributed by atoms with Gasteiger partial charge in [0.1, 0.15) is 5.82 Å². The van der Waals surface area contributed by atoms with E-state index in [1.54, 1.807) is 12.1 Å². The van der Waals surface area contributed by atoms with Gasteiger partial charge in [-0.2, -0.15) is 18.2 Å². The number of anilines is 2. The topological polar surface area (TPSA) is 68.3 Å². The Hall–Kier alpha value is -3.49. The third-order valence-electron chi connectivity index (χ3n) is 4.47. The summed E-state index contributed by atoms with van der Waals surface area (Å²) >= 11 is 0. The maximum absolute atomic E-state index is 12.9. The minimum atomic E-state index is -4.37. The number of hydrogen-bond acceptors (Lipinski definition) is 6. The van der Waals surface area contributed by atoms with E-state index in [0.29, 0.717) is 35.4 Å². The molecular formula is C21H19F3N4O2. The second-order valence-corrected chi connectivity index (χ2v) is 6.81. The van der Waals surface area contributed by atoms with E-state index in [0.717, 1.165) is 23.4 Å². The van der Waals surface area contributed by atoms with Gasteiger partial charge in [-0.3, -0.25) is 0 Å². The Labute approximate surface area is 171 Å². The molecule has 0 bridgehead atoms. The number of alkyl halides is 3. The van der Waals surface area contributed by atoms with Gasteiger partial charge in [0, 0.05) is 24.8 Å². The molecule has 1 aliphatic rings. The zero-order valence-electron chi connectivity index (χ0n) is 16.1. The molecule has 2 N–H and O–H groups in total. The normalized spacial score (nSPS) is 12.7. The summed E-state index contributed by atoms with van der Waals surface area (Å²) in [7, 11) is 0. The van der Waals surface area contributed by atoms with Crippen LogP contribution in [0, 0.1) is 6.92 Å². The summed E-state index contributed by atoms with van der Waals surface area (Å²) in [5.41, 5.74) is 1.54. The fraction of sp³-hybridized carbons (Fsp3) is 0.238. The number of hydrogen-bond donors (Lipinski definition) is 2. The van der Waals surface area contributed by atoms with Crippen LogP contribution in [0.15, 0.2) is 48.5 Å². The van der Waals surface area contributed by atoms with Crippen molar-refractivity contribution < 1.29 is 22.6 Å². The first-order valence-corrected chi connectivity index (χ1v) is 9.25. The molecular weight excluding hydrogens is 397 g/mol. The van der Waals surface area contributed by atoms with Crippen molar-refractivity contribution in [2.24, 2.45) is 0 Å². The molecule has 0 saturated carbocycles. The summed E-state index contributed by atoms with van der Waals surface area (Å²) in [5, 5.41) is 6.21. The Morgan fingerprint density at radius 2 is 1.67 bits per heavy atom. The van der Waals surface area contributed by atoms with Crippen molar-refractivity contribution in [3.63, 3.8) is 0 Å². The number of nitrogens with zero attached hydrogens (tertiary/aromatic N) is 2. The van der Waals surface area contributed by atoms with Crippen molar-refractivity contribution in [3.05, 3.63) is 70.9 Å². The zero-order chi connectivity index (χ0) is 21.1. The quantitative estimate of drug-likeness (QED) is 0.604. The van der Waals surface area contributed by atoms with Gasteiger partial charge in [-0.05, 0) is 42.3 Å². The van der Waals surface area contributed by atoms with Crippen molar-refractivity contribution >= 4 is 11.8 Å². The van der Waals surface area contributed by atoms with E-state index < -0.39 is 11.7 Å². The summed E-state index contributed by atoms with van der Waals surface area (Å²) in [4.78, 5) is 8.75. The predicted octanol–water partition coefficient (Wildman–Crippen LogP) is 4.76. The molecule has 0 saturated heterocycles. The predicted molar refractivity (Wildman–Crippen MR) is 105 cm³/mol. The Bertz CT molecular complexity index is 1060. The lowest BCUT2D eigenvalue weighted by Crippen LogP contribution is -2.09. The molecule has 9 heteroatoms. The van der Waals surface area contributed by atoms with Gasteiger partial charge in [0.05, 0.1) is 5.56 Å². The van der Waals surface area contributed by atoms with Crippen LogP contribution in [0.2, 0.25) is 0 Å². The van der Waals surface area contributed by atoms with Crippen LogP contribution in [-0.4, -0.2) is 16.8 Å². The number of benzene rings is 2.